The van der Waals surface area contributed by atoms with E-state index in [9.17, 15) is 9.59 Å². The van der Waals surface area contributed by atoms with Crippen LogP contribution in [0, 0.1) is 0 Å². The molecule has 0 saturated heterocycles. The number of hydrogen-bond acceptors (Lipinski definition) is 4. The highest BCUT2D eigenvalue weighted by Gasteiger charge is 2.20. The lowest BCUT2D eigenvalue weighted by Crippen LogP contribution is -2.44. The zero-order valence-electron chi connectivity index (χ0n) is 12.7. The van der Waals surface area contributed by atoms with Crippen molar-refractivity contribution < 1.29 is 9.59 Å². The average molecular weight is 329 g/mol. The van der Waals surface area contributed by atoms with Gasteiger partial charge in [0.05, 0.1) is 4.88 Å². The van der Waals surface area contributed by atoms with Gasteiger partial charge >= 0.3 is 0 Å². The van der Waals surface area contributed by atoms with Crippen LogP contribution in [0.2, 0.25) is 0 Å². The van der Waals surface area contributed by atoms with Crippen molar-refractivity contribution >= 4 is 23.2 Å². The number of fused-ring (bicyclic) bond motifs is 1. The summed E-state index contributed by atoms with van der Waals surface area (Å²) in [5.41, 5.74) is 12.8. The minimum Gasteiger partial charge on any atom is -0.368 e. The Morgan fingerprint density at radius 2 is 1.87 bits per heavy atom. The number of primary amides is 1. The van der Waals surface area contributed by atoms with E-state index in [0.717, 1.165) is 12.8 Å². The lowest BCUT2D eigenvalue weighted by Gasteiger charge is -2.16. The Hall–Kier alpha value is -2.18. The van der Waals surface area contributed by atoms with Crippen molar-refractivity contribution in [2.45, 2.75) is 31.7 Å². The first kappa shape index (κ1) is 15.7. The summed E-state index contributed by atoms with van der Waals surface area (Å²) in [6, 6.07) is 10.3. The van der Waals surface area contributed by atoms with Gasteiger partial charge < -0.3 is 5.73 Å². The number of benzene rings is 1. The first-order valence-electron chi connectivity index (χ1n) is 7.67. The van der Waals surface area contributed by atoms with Crippen molar-refractivity contribution in [1.29, 1.82) is 0 Å². The van der Waals surface area contributed by atoms with Gasteiger partial charge in [-0.2, -0.15) is 0 Å². The molecule has 0 radical (unpaired) electrons. The molecule has 4 N–H and O–H groups in total. The number of carbonyl (C=O) groups is 2. The quantitative estimate of drug-likeness (QED) is 0.734. The van der Waals surface area contributed by atoms with Crippen molar-refractivity contribution in [3.63, 3.8) is 0 Å². The second-order valence-electron chi connectivity index (χ2n) is 5.61. The number of nitrogens with two attached hydrogens (primary N) is 1. The lowest BCUT2D eigenvalue weighted by molar-refractivity contribution is -0.120. The predicted octanol–water partition coefficient (Wildman–Crippen LogP) is 2.09. The number of nitrogens with one attached hydrogen (secondary N) is 2. The summed E-state index contributed by atoms with van der Waals surface area (Å²) in [4.78, 5) is 25.9. The third-order valence-corrected chi connectivity index (χ3v) is 5.20. The third-order valence-electron chi connectivity index (χ3n) is 3.97. The molecule has 2 aromatic rings. The molecule has 6 heteroatoms. The van der Waals surface area contributed by atoms with E-state index in [2.05, 4.69) is 10.9 Å². The van der Waals surface area contributed by atoms with Crippen LogP contribution in [-0.2, 0) is 17.6 Å². The SMILES string of the molecule is NC(=O)[C@H](NNC(=O)c1cc2c(s1)CCCC2)c1ccccc1. The number of thiophene rings is 1. The predicted molar refractivity (Wildman–Crippen MR) is 89.9 cm³/mol. The molecular weight excluding hydrogens is 310 g/mol. The Balaban J connectivity index is 1.67. The molecule has 5 nitrogen and oxygen atoms in total. The van der Waals surface area contributed by atoms with Gasteiger partial charge in [-0.1, -0.05) is 30.3 Å². The molecule has 0 spiro atoms. The lowest BCUT2D eigenvalue weighted by atomic mass is 9.99. The van der Waals surface area contributed by atoms with Crippen molar-refractivity contribution in [3.05, 3.63) is 57.3 Å². The second-order valence-corrected chi connectivity index (χ2v) is 6.75. The fraction of sp³-hybridized carbons (Fsp3) is 0.294. The maximum atomic E-state index is 12.3. The topological polar surface area (TPSA) is 84.2 Å². The maximum Gasteiger partial charge on any atom is 0.275 e. The molecule has 2 amide bonds. The van der Waals surface area contributed by atoms with E-state index >= 15 is 0 Å². The molecule has 0 aliphatic heterocycles. The van der Waals surface area contributed by atoms with Crippen LogP contribution in [-0.4, -0.2) is 11.8 Å². The zero-order valence-corrected chi connectivity index (χ0v) is 13.5. The molecule has 1 aromatic carbocycles. The number of amides is 2. The van der Waals surface area contributed by atoms with E-state index in [0.29, 0.717) is 10.4 Å². The minimum absolute atomic E-state index is 0.230. The number of aryl methyl sites for hydroxylation is 2. The Morgan fingerprint density at radius 3 is 2.57 bits per heavy atom. The summed E-state index contributed by atoms with van der Waals surface area (Å²) in [6.45, 7) is 0. The summed E-state index contributed by atoms with van der Waals surface area (Å²) in [6.07, 6.45) is 4.46. The van der Waals surface area contributed by atoms with Crippen molar-refractivity contribution in [2.75, 3.05) is 0 Å². The Bertz CT molecular complexity index is 688. The van der Waals surface area contributed by atoms with Gasteiger partial charge in [-0.25, -0.2) is 5.43 Å². The van der Waals surface area contributed by atoms with E-state index in [-0.39, 0.29) is 5.91 Å². The van der Waals surface area contributed by atoms with Crippen LogP contribution in [0.3, 0.4) is 0 Å². The fourth-order valence-corrected chi connectivity index (χ4v) is 3.91. The van der Waals surface area contributed by atoms with Crippen LogP contribution in [0.15, 0.2) is 36.4 Å². The molecular formula is C17H19N3O2S. The summed E-state index contributed by atoms with van der Waals surface area (Å²) >= 11 is 1.53. The van der Waals surface area contributed by atoms with Crippen LogP contribution < -0.4 is 16.6 Å². The summed E-state index contributed by atoms with van der Waals surface area (Å²) in [5, 5.41) is 0. The van der Waals surface area contributed by atoms with Crippen LogP contribution in [0.4, 0.5) is 0 Å². The molecule has 3 rings (SSSR count). The summed E-state index contributed by atoms with van der Waals surface area (Å²) in [7, 11) is 0. The standard InChI is InChI=1S/C17H19N3O2S/c18-16(21)15(11-6-2-1-3-7-11)19-20-17(22)14-10-12-8-4-5-9-13(12)23-14/h1-3,6-7,10,15,19H,4-5,8-9H2,(H2,18,21)(H,20,22)/t15-/m1/s1. The molecule has 0 fully saturated rings. The van der Waals surface area contributed by atoms with Gasteiger partial charge in [0.15, 0.2) is 0 Å². The smallest absolute Gasteiger partial charge is 0.275 e. The largest absolute Gasteiger partial charge is 0.368 e. The van der Waals surface area contributed by atoms with Gasteiger partial charge in [-0.15, -0.1) is 11.3 Å². The Labute approximate surface area is 138 Å². The highest BCUT2D eigenvalue weighted by atomic mass is 32.1. The van der Waals surface area contributed by atoms with Crippen LogP contribution in [0.5, 0.6) is 0 Å². The average Bonchev–Trinajstić information content (AvgIpc) is 2.99. The fourth-order valence-electron chi connectivity index (χ4n) is 2.77. The van der Waals surface area contributed by atoms with Crippen LogP contribution >= 0.6 is 11.3 Å². The molecule has 23 heavy (non-hydrogen) atoms. The number of carbonyl (C=O) groups excluding carboxylic acids is 2. The molecule has 1 aliphatic carbocycles. The van der Waals surface area contributed by atoms with Gasteiger partial charge in [0, 0.05) is 4.88 Å². The van der Waals surface area contributed by atoms with Gasteiger partial charge in [0.2, 0.25) is 5.91 Å². The molecule has 120 valence electrons. The monoisotopic (exact) mass is 329 g/mol. The number of hydrazine groups is 1. The van der Waals surface area contributed by atoms with Gasteiger partial charge in [0.1, 0.15) is 6.04 Å². The first-order valence-corrected chi connectivity index (χ1v) is 8.48. The van der Waals surface area contributed by atoms with Crippen molar-refractivity contribution in [1.82, 2.24) is 10.9 Å². The third kappa shape index (κ3) is 3.60. The van der Waals surface area contributed by atoms with Gasteiger partial charge in [-0.05, 0) is 42.9 Å². The zero-order chi connectivity index (χ0) is 16.2. The van der Waals surface area contributed by atoms with Crippen molar-refractivity contribution in [3.8, 4) is 0 Å². The van der Waals surface area contributed by atoms with Crippen LogP contribution in [0.25, 0.3) is 0 Å². The molecule has 1 aliphatic rings. The van der Waals surface area contributed by atoms with Gasteiger partial charge in [0.25, 0.3) is 5.91 Å². The Morgan fingerprint density at radius 1 is 1.13 bits per heavy atom. The van der Waals surface area contributed by atoms with E-state index in [1.54, 1.807) is 12.1 Å². The normalized spacial score (nSPS) is 14.8. The van der Waals surface area contributed by atoms with Crippen LogP contribution in [0.1, 0.15) is 44.6 Å². The van der Waals surface area contributed by atoms with Gasteiger partial charge in [-0.3, -0.25) is 15.0 Å². The molecule has 1 heterocycles. The molecule has 0 unspecified atom stereocenters. The Kier molecular flexibility index (Phi) is 4.73. The van der Waals surface area contributed by atoms with E-state index < -0.39 is 11.9 Å². The van der Waals surface area contributed by atoms with E-state index in [1.165, 1.54) is 34.6 Å². The molecule has 1 aromatic heterocycles. The van der Waals surface area contributed by atoms with E-state index in [1.807, 2.05) is 24.3 Å². The highest BCUT2D eigenvalue weighted by Crippen LogP contribution is 2.29. The summed E-state index contributed by atoms with van der Waals surface area (Å²) in [5.74, 6) is -0.770. The molecule has 1 atom stereocenters. The highest BCUT2D eigenvalue weighted by molar-refractivity contribution is 7.14. The molecule has 0 bridgehead atoms. The van der Waals surface area contributed by atoms with Crippen molar-refractivity contribution in [2.24, 2.45) is 5.73 Å². The second kappa shape index (κ2) is 6.93. The number of hydrogen-bond donors (Lipinski definition) is 3. The minimum atomic E-state index is -0.755. The maximum absolute atomic E-state index is 12.3. The van der Waals surface area contributed by atoms with E-state index in [4.69, 9.17) is 5.73 Å². The number of rotatable bonds is 5. The first-order chi connectivity index (χ1) is 11.1. The molecule has 0 saturated carbocycles. The summed E-state index contributed by atoms with van der Waals surface area (Å²) < 4.78 is 0.